The first-order valence-corrected chi connectivity index (χ1v) is 6.84. The molecule has 118 valence electrons. The van der Waals surface area contributed by atoms with E-state index in [4.69, 9.17) is 5.73 Å². The lowest BCUT2D eigenvalue weighted by atomic mass is 10.1. The molecule has 0 spiro atoms. The van der Waals surface area contributed by atoms with Gasteiger partial charge in [0.15, 0.2) is 0 Å². The summed E-state index contributed by atoms with van der Waals surface area (Å²) in [6, 6.07) is 0. The minimum Gasteiger partial charge on any atom is -0.369 e. The van der Waals surface area contributed by atoms with Gasteiger partial charge in [0.2, 0.25) is 11.8 Å². The topological polar surface area (TPSA) is 107 Å². The van der Waals surface area contributed by atoms with E-state index in [-0.39, 0.29) is 17.4 Å². The van der Waals surface area contributed by atoms with E-state index < -0.39 is 17.2 Å². The van der Waals surface area contributed by atoms with E-state index in [1.165, 1.54) is 41.9 Å². The number of hydrogen-bond acceptors (Lipinski definition) is 4. The van der Waals surface area contributed by atoms with Crippen LogP contribution in [0.2, 0.25) is 0 Å². The van der Waals surface area contributed by atoms with Gasteiger partial charge in [-0.25, -0.2) is 4.79 Å². The SMILES string of the molecule is Cn1cc(/C=C/C(=O)N2CCC(C(N)=O)C2)c(=O)n(C)c1=O. The maximum absolute atomic E-state index is 12.0. The van der Waals surface area contributed by atoms with Crippen LogP contribution in [0, 0.1) is 5.92 Å². The average molecular weight is 306 g/mol. The number of hydrogen-bond donors (Lipinski definition) is 1. The van der Waals surface area contributed by atoms with Crippen LogP contribution in [0.15, 0.2) is 21.9 Å². The van der Waals surface area contributed by atoms with Crippen LogP contribution in [0.5, 0.6) is 0 Å². The van der Waals surface area contributed by atoms with Crippen molar-refractivity contribution >= 4 is 17.9 Å². The predicted octanol–water partition coefficient (Wildman–Crippen LogP) is -1.57. The first-order valence-electron chi connectivity index (χ1n) is 6.84. The fourth-order valence-electron chi connectivity index (χ4n) is 2.41. The average Bonchev–Trinajstić information content (AvgIpc) is 2.97. The Morgan fingerprint density at radius 1 is 1.32 bits per heavy atom. The maximum Gasteiger partial charge on any atom is 0.330 e. The van der Waals surface area contributed by atoms with Crippen LogP contribution in [0.3, 0.4) is 0 Å². The van der Waals surface area contributed by atoms with Gasteiger partial charge >= 0.3 is 5.69 Å². The summed E-state index contributed by atoms with van der Waals surface area (Å²) in [6.07, 6.45) is 4.58. The lowest BCUT2D eigenvalue weighted by Gasteiger charge is -2.13. The molecule has 0 aromatic carbocycles. The number of nitrogens with two attached hydrogens (primary N) is 1. The van der Waals surface area contributed by atoms with Gasteiger partial charge in [-0.3, -0.25) is 19.0 Å². The minimum absolute atomic E-state index is 0.239. The summed E-state index contributed by atoms with van der Waals surface area (Å²) in [5.41, 5.74) is 4.56. The molecule has 2 N–H and O–H groups in total. The summed E-state index contributed by atoms with van der Waals surface area (Å²) in [4.78, 5) is 48.1. The predicted molar refractivity (Wildman–Crippen MR) is 79.8 cm³/mol. The highest BCUT2D eigenvalue weighted by atomic mass is 16.2. The van der Waals surface area contributed by atoms with Gasteiger partial charge in [-0.2, -0.15) is 0 Å². The van der Waals surface area contributed by atoms with Gasteiger partial charge in [0.1, 0.15) is 0 Å². The third kappa shape index (κ3) is 3.00. The van der Waals surface area contributed by atoms with Crippen molar-refractivity contribution in [2.45, 2.75) is 6.42 Å². The lowest BCUT2D eigenvalue weighted by molar-refractivity contribution is -0.125. The van der Waals surface area contributed by atoms with Gasteiger partial charge in [0.05, 0.1) is 11.5 Å². The number of likely N-dealkylation sites (tertiary alicyclic amines) is 1. The first-order chi connectivity index (χ1) is 10.3. The van der Waals surface area contributed by atoms with E-state index in [1.54, 1.807) is 0 Å². The molecule has 1 unspecified atom stereocenters. The number of aryl methyl sites for hydroxylation is 1. The second kappa shape index (κ2) is 6.00. The molecular weight excluding hydrogens is 288 g/mol. The number of rotatable bonds is 3. The summed E-state index contributed by atoms with van der Waals surface area (Å²) < 4.78 is 2.24. The Balaban J connectivity index is 2.16. The number of carbonyl (C=O) groups is 2. The second-order valence-electron chi connectivity index (χ2n) is 5.35. The van der Waals surface area contributed by atoms with E-state index in [0.717, 1.165) is 4.57 Å². The molecule has 0 aliphatic carbocycles. The zero-order chi connectivity index (χ0) is 16.4. The highest BCUT2D eigenvalue weighted by molar-refractivity contribution is 5.92. The molecule has 1 fully saturated rings. The first kappa shape index (κ1) is 15.7. The maximum atomic E-state index is 12.0. The minimum atomic E-state index is -0.469. The Morgan fingerprint density at radius 2 is 2.00 bits per heavy atom. The van der Waals surface area contributed by atoms with Crippen LogP contribution in [0.25, 0.3) is 6.08 Å². The quantitative estimate of drug-likeness (QED) is 0.681. The Morgan fingerprint density at radius 3 is 2.59 bits per heavy atom. The molecular formula is C14H18N4O4. The van der Waals surface area contributed by atoms with Crippen LogP contribution in [-0.4, -0.2) is 38.9 Å². The molecule has 1 atom stereocenters. The molecule has 1 aromatic rings. The van der Waals surface area contributed by atoms with E-state index in [2.05, 4.69) is 0 Å². The van der Waals surface area contributed by atoms with Gasteiger partial charge in [0, 0.05) is 39.5 Å². The Kier molecular flexibility index (Phi) is 4.30. The van der Waals surface area contributed by atoms with Crippen molar-refractivity contribution in [3.63, 3.8) is 0 Å². The summed E-state index contributed by atoms with van der Waals surface area (Å²) in [5, 5.41) is 0. The molecule has 2 rings (SSSR count). The Labute approximate surface area is 126 Å². The third-order valence-electron chi connectivity index (χ3n) is 3.78. The van der Waals surface area contributed by atoms with Crippen molar-refractivity contribution in [2.75, 3.05) is 13.1 Å². The number of primary amides is 1. The fraction of sp³-hybridized carbons (Fsp3) is 0.429. The molecule has 0 radical (unpaired) electrons. The van der Waals surface area contributed by atoms with Crippen LogP contribution in [-0.2, 0) is 23.7 Å². The molecule has 1 aliphatic rings. The molecule has 1 aliphatic heterocycles. The van der Waals surface area contributed by atoms with Crippen molar-refractivity contribution in [1.82, 2.24) is 14.0 Å². The van der Waals surface area contributed by atoms with Crippen LogP contribution < -0.4 is 17.0 Å². The number of amides is 2. The highest BCUT2D eigenvalue weighted by Crippen LogP contribution is 2.16. The van der Waals surface area contributed by atoms with Gasteiger partial charge in [-0.15, -0.1) is 0 Å². The van der Waals surface area contributed by atoms with E-state index >= 15 is 0 Å². The Hall–Kier alpha value is -2.64. The van der Waals surface area contributed by atoms with Crippen LogP contribution in [0.4, 0.5) is 0 Å². The summed E-state index contributed by atoms with van der Waals surface area (Å²) in [5.74, 6) is -1.02. The van der Waals surface area contributed by atoms with Crippen molar-refractivity contribution in [3.05, 3.63) is 38.7 Å². The monoisotopic (exact) mass is 306 g/mol. The molecule has 2 amide bonds. The molecule has 2 heterocycles. The molecule has 1 saturated heterocycles. The zero-order valence-electron chi connectivity index (χ0n) is 12.5. The van der Waals surface area contributed by atoms with Crippen molar-refractivity contribution in [3.8, 4) is 0 Å². The van der Waals surface area contributed by atoms with E-state index in [0.29, 0.717) is 19.5 Å². The van der Waals surface area contributed by atoms with Crippen molar-refractivity contribution in [1.29, 1.82) is 0 Å². The standard InChI is InChI=1S/C14H18N4O4/c1-16-7-10(13(21)17(2)14(16)22)3-4-11(19)18-6-5-9(8-18)12(15)20/h3-4,7,9H,5-6,8H2,1-2H3,(H2,15,20)/b4-3+. The number of aromatic nitrogens is 2. The summed E-state index contributed by atoms with van der Waals surface area (Å²) in [7, 11) is 2.90. The smallest absolute Gasteiger partial charge is 0.330 e. The molecule has 0 saturated carbocycles. The van der Waals surface area contributed by atoms with Crippen LogP contribution in [0.1, 0.15) is 12.0 Å². The van der Waals surface area contributed by atoms with Crippen LogP contribution >= 0.6 is 0 Å². The molecule has 1 aromatic heterocycles. The normalized spacial score (nSPS) is 18.1. The molecule has 22 heavy (non-hydrogen) atoms. The van der Waals surface area contributed by atoms with E-state index in [1.807, 2.05) is 0 Å². The van der Waals surface area contributed by atoms with Crippen molar-refractivity contribution in [2.24, 2.45) is 25.7 Å². The highest BCUT2D eigenvalue weighted by Gasteiger charge is 2.28. The van der Waals surface area contributed by atoms with Gasteiger partial charge in [-0.05, 0) is 12.5 Å². The van der Waals surface area contributed by atoms with Gasteiger partial charge < -0.3 is 15.2 Å². The molecule has 8 nitrogen and oxygen atoms in total. The number of nitrogens with zero attached hydrogens (tertiary/aromatic N) is 3. The van der Waals surface area contributed by atoms with Crippen molar-refractivity contribution < 1.29 is 9.59 Å². The van der Waals surface area contributed by atoms with E-state index in [9.17, 15) is 19.2 Å². The fourth-order valence-corrected chi connectivity index (χ4v) is 2.41. The zero-order valence-corrected chi connectivity index (χ0v) is 12.5. The van der Waals surface area contributed by atoms with Gasteiger partial charge in [0.25, 0.3) is 5.56 Å². The number of carbonyl (C=O) groups excluding carboxylic acids is 2. The molecule has 8 heteroatoms. The summed E-state index contributed by atoms with van der Waals surface area (Å²) >= 11 is 0. The summed E-state index contributed by atoms with van der Waals surface area (Å²) in [6.45, 7) is 0.756. The second-order valence-corrected chi connectivity index (χ2v) is 5.35. The third-order valence-corrected chi connectivity index (χ3v) is 3.78. The lowest BCUT2D eigenvalue weighted by Crippen LogP contribution is -2.37. The largest absolute Gasteiger partial charge is 0.369 e. The Bertz CT molecular complexity index is 759. The van der Waals surface area contributed by atoms with Gasteiger partial charge in [-0.1, -0.05) is 0 Å². The molecule has 0 bridgehead atoms.